The van der Waals surface area contributed by atoms with E-state index in [9.17, 15) is 0 Å². The van der Waals surface area contributed by atoms with E-state index in [1.807, 2.05) is 4.68 Å². The molecule has 0 bridgehead atoms. The summed E-state index contributed by atoms with van der Waals surface area (Å²) in [5.74, 6) is 1.56. The lowest BCUT2D eigenvalue weighted by Crippen LogP contribution is -2.10. The Bertz CT molecular complexity index is 420. The van der Waals surface area contributed by atoms with Crippen LogP contribution in [-0.2, 0) is 13.0 Å². The van der Waals surface area contributed by atoms with Crippen molar-refractivity contribution in [2.75, 3.05) is 6.61 Å². The monoisotopic (exact) mass is 206 g/mol. The molecule has 1 aromatic rings. The molecular weight excluding hydrogens is 188 g/mol. The molecule has 1 heterocycles. The average molecular weight is 206 g/mol. The van der Waals surface area contributed by atoms with Gasteiger partial charge >= 0.3 is 0 Å². The molecule has 0 spiro atoms. The molecule has 0 saturated heterocycles. The Labute approximate surface area is 90.1 Å². The van der Waals surface area contributed by atoms with E-state index in [-0.39, 0.29) is 6.61 Å². The SMILES string of the molecule is Cc1nn(CCO)c2c1[C@H]1[C@H](C2)C1(C)C. The van der Waals surface area contributed by atoms with Crippen LogP contribution in [0.5, 0.6) is 0 Å². The molecule has 3 rings (SSSR count). The van der Waals surface area contributed by atoms with Crippen molar-refractivity contribution in [1.29, 1.82) is 0 Å². The first kappa shape index (κ1) is 9.40. The average Bonchev–Trinajstić information content (AvgIpc) is 2.54. The van der Waals surface area contributed by atoms with Crippen molar-refractivity contribution in [2.45, 2.75) is 39.7 Å². The Morgan fingerprint density at radius 3 is 2.93 bits per heavy atom. The van der Waals surface area contributed by atoms with Gasteiger partial charge in [-0.3, -0.25) is 4.68 Å². The Morgan fingerprint density at radius 1 is 1.53 bits per heavy atom. The molecule has 0 unspecified atom stereocenters. The number of aliphatic hydroxyl groups is 1. The third kappa shape index (κ3) is 1.02. The summed E-state index contributed by atoms with van der Waals surface area (Å²) in [5, 5.41) is 13.5. The van der Waals surface area contributed by atoms with E-state index in [4.69, 9.17) is 5.11 Å². The molecule has 0 aliphatic heterocycles. The van der Waals surface area contributed by atoms with E-state index < -0.39 is 0 Å². The van der Waals surface area contributed by atoms with E-state index in [1.54, 1.807) is 0 Å². The smallest absolute Gasteiger partial charge is 0.0644 e. The number of aliphatic hydroxyl groups excluding tert-OH is 1. The Balaban J connectivity index is 2.03. The maximum Gasteiger partial charge on any atom is 0.0644 e. The fourth-order valence-electron chi connectivity index (χ4n) is 3.45. The van der Waals surface area contributed by atoms with Crippen LogP contribution in [-0.4, -0.2) is 21.5 Å². The van der Waals surface area contributed by atoms with Crippen LogP contribution in [0.2, 0.25) is 0 Å². The third-order valence-electron chi connectivity index (χ3n) is 4.37. The zero-order valence-corrected chi connectivity index (χ0v) is 9.62. The lowest BCUT2D eigenvalue weighted by Gasteiger charge is -2.10. The summed E-state index contributed by atoms with van der Waals surface area (Å²) in [4.78, 5) is 0. The van der Waals surface area contributed by atoms with Crippen molar-refractivity contribution in [2.24, 2.45) is 11.3 Å². The number of hydrogen-bond acceptors (Lipinski definition) is 2. The van der Waals surface area contributed by atoms with Gasteiger partial charge < -0.3 is 5.11 Å². The molecule has 82 valence electrons. The molecule has 3 nitrogen and oxygen atoms in total. The second kappa shape index (κ2) is 2.64. The molecular formula is C12H18N2O. The third-order valence-corrected chi connectivity index (χ3v) is 4.37. The lowest BCUT2D eigenvalue weighted by atomic mass is 9.98. The molecule has 2 atom stereocenters. The number of aromatic nitrogens is 2. The summed E-state index contributed by atoms with van der Waals surface area (Å²) < 4.78 is 2.01. The van der Waals surface area contributed by atoms with Crippen LogP contribution in [0.3, 0.4) is 0 Å². The van der Waals surface area contributed by atoms with Crippen LogP contribution in [0.25, 0.3) is 0 Å². The first-order valence-electron chi connectivity index (χ1n) is 5.74. The second-order valence-corrected chi connectivity index (χ2v) is 5.50. The van der Waals surface area contributed by atoms with Crippen LogP contribution >= 0.6 is 0 Å². The molecule has 1 aromatic heterocycles. The van der Waals surface area contributed by atoms with Gasteiger partial charge in [0.05, 0.1) is 18.8 Å². The van der Waals surface area contributed by atoms with Gasteiger partial charge in [-0.15, -0.1) is 0 Å². The van der Waals surface area contributed by atoms with E-state index in [0.29, 0.717) is 12.0 Å². The highest BCUT2D eigenvalue weighted by atomic mass is 16.3. The van der Waals surface area contributed by atoms with Crippen LogP contribution in [0, 0.1) is 18.3 Å². The molecule has 0 amide bonds. The minimum absolute atomic E-state index is 0.187. The molecule has 0 aromatic carbocycles. The van der Waals surface area contributed by atoms with Gasteiger partial charge in [0, 0.05) is 11.3 Å². The summed E-state index contributed by atoms with van der Waals surface area (Å²) in [7, 11) is 0. The van der Waals surface area contributed by atoms with Gasteiger partial charge in [-0.1, -0.05) is 13.8 Å². The largest absolute Gasteiger partial charge is 0.394 e. The highest BCUT2D eigenvalue weighted by molar-refractivity contribution is 5.45. The van der Waals surface area contributed by atoms with Crippen LogP contribution in [0.15, 0.2) is 0 Å². The van der Waals surface area contributed by atoms with E-state index >= 15 is 0 Å². The van der Waals surface area contributed by atoms with Crippen LogP contribution in [0.1, 0.15) is 36.7 Å². The molecule has 1 saturated carbocycles. The number of hydrogen-bond donors (Lipinski definition) is 1. The number of aryl methyl sites for hydroxylation is 1. The van der Waals surface area contributed by atoms with Gasteiger partial charge in [0.15, 0.2) is 0 Å². The van der Waals surface area contributed by atoms with Crippen molar-refractivity contribution in [3.8, 4) is 0 Å². The van der Waals surface area contributed by atoms with Gasteiger partial charge in [-0.2, -0.15) is 5.10 Å². The molecule has 3 heteroatoms. The first-order chi connectivity index (χ1) is 7.07. The number of rotatable bonds is 2. The Kier molecular flexibility index (Phi) is 1.66. The van der Waals surface area contributed by atoms with Gasteiger partial charge in [0.2, 0.25) is 0 Å². The second-order valence-electron chi connectivity index (χ2n) is 5.50. The van der Waals surface area contributed by atoms with Crippen LogP contribution < -0.4 is 0 Å². The van der Waals surface area contributed by atoms with Crippen molar-refractivity contribution < 1.29 is 5.11 Å². The summed E-state index contributed by atoms with van der Waals surface area (Å²) >= 11 is 0. The van der Waals surface area contributed by atoms with Crippen molar-refractivity contribution >= 4 is 0 Å². The molecule has 1 N–H and O–H groups in total. The molecule has 15 heavy (non-hydrogen) atoms. The molecule has 2 aliphatic rings. The highest BCUT2D eigenvalue weighted by Gasteiger charge is 2.63. The maximum atomic E-state index is 8.98. The van der Waals surface area contributed by atoms with E-state index in [0.717, 1.165) is 18.3 Å². The van der Waals surface area contributed by atoms with Gasteiger partial charge in [-0.05, 0) is 30.6 Å². The maximum absolute atomic E-state index is 8.98. The van der Waals surface area contributed by atoms with E-state index in [2.05, 4.69) is 25.9 Å². The van der Waals surface area contributed by atoms with Gasteiger partial charge in [0.25, 0.3) is 0 Å². The van der Waals surface area contributed by atoms with Crippen LogP contribution in [0.4, 0.5) is 0 Å². The number of fused-ring (bicyclic) bond motifs is 3. The normalized spacial score (nSPS) is 30.1. The summed E-state index contributed by atoms with van der Waals surface area (Å²) in [6, 6.07) is 0. The summed E-state index contributed by atoms with van der Waals surface area (Å²) in [5.41, 5.74) is 4.54. The number of nitrogens with zero attached hydrogens (tertiary/aromatic N) is 2. The van der Waals surface area contributed by atoms with Gasteiger partial charge in [0.1, 0.15) is 0 Å². The molecule has 0 radical (unpaired) electrons. The van der Waals surface area contributed by atoms with Crippen molar-refractivity contribution in [1.82, 2.24) is 9.78 Å². The summed E-state index contributed by atoms with van der Waals surface area (Å²) in [6.45, 7) is 7.65. The highest BCUT2D eigenvalue weighted by Crippen LogP contribution is 2.70. The van der Waals surface area contributed by atoms with Crippen molar-refractivity contribution in [3.05, 3.63) is 17.0 Å². The van der Waals surface area contributed by atoms with E-state index in [1.165, 1.54) is 17.0 Å². The fraction of sp³-hybridized carbons (Fsp3) is 0.750. The predicted octanol–water partition coefficient (Wildman–Crippen LogP) is 1.48. The molecule has 2 aliphatic carbocycles. The lowest BCUT2D eigenvalue weighted by molar-refractivity contribution is 0.266. The first-order valence-corrected chi connectivity index (χ1v) is 5.74. The zero-order valence-electron chi connectivity index (χ0n) is 9.62. The predicted molar refractivity (Wildman–Crippen MR) is 57.8 cm³/mol. The minimum Gasteiger partial charge on any atom is -0.394 e. The minimum atomic E-state index is 0.187. The van der Waals surface area contributed by atoms with Gasteiger partial charge in [-0.25, -0.2) is 0 Å². The fourth-order valence-corrected chi connectivity index (χ4v) is 3.45. The summed E-state index contributed by atoms with van der Waals surface area (Å²) in [6.07, 6.45) is 1.16. The zero-order chi connectivity index (χ0) is 10.8. The molecule has 1 fully saturated rings. The topological polar surface area (TPSA) is 38.0 Å². The standard InChI is InChI=1S/C12H18N2O/c1-7-10-9(14(13-7)4-5-15)6-8-11(10)12(8,2)3/h8,11,15H,4-6H2,1-3H3/t8-,11+/m0/s1. The Hall–Kier alpha value is -0.830. The Morgan fingerprint density at radius 2 is 2.27 bits per heavy atom. The quantitative estimate of drug-likeness (QED) is 0.796. The van der Waals surface area contributed by atoms with Crippen molar-refractivity contribution in [3.63, 3.8) is 0 Å².